The molecule has 0 aliphatic carbocycles. The highest BCUT2D eigenvalue weighted by Crippen LogP contribution is 2.23. The van der Waals surface area contributed by atoms with Crippen molar-refractivity contribution in [3.63, 3.8) is 0 Å². The molecule has 0 unspecified atom stereocenters. The predicted molar refractivity (Wildman–Crippen MR) is 60.0 cm³/mol. The molecule has 0 saturated heterocycles. The molecule has 0 radical (unpaired) electrons. The van der Waals surface area contributed by atoms with Crippen molar-refractivity contribution in [1.29, 1.82) is 0 Å². The lowest BCUT2D eigenvalue weighted by Gasteiger charge is -2.12. The molecule has 0 spiro atoms. The Hall–Kier alpha value is -0.740. The van der Waals surface area contributed by atoms with E-state index in [9.17, 15) is 13.2 Å². The first-order chi connectivity index (χ1) is 7.07. The van der Waals surface area contributed by atoms with Crippen LogP contribution in [-0.4, -0.2) is 0 Å². The monoisotopic (exact) mass is 253 g/mol. The summed E-state index contributed by atoms with van der Waals surface area (Å²) in [6, 6.07) is 1.54. The molecule has 0 fully saturated rings. The number of nitrogens with two attached hydrogens (primary N) is 1. The molecule has 16 heavy (non-hydrogen) atoms. The highest BCUT2D eigenvalue weighted by atomic mass is 35.5. The second kappa shape index (κ2) is 6.76. The number of unbranched alkanes of at least 4 members (excludes halogenated alkanes) is 1. The Kier molecular flexibility index (Phi) is 6.45. The van der Waals surface area contributed by atoms with Gasteiger partial charge in [0.05, 0.1) is 0 Å². The topological polar surface area (TPSA) is 26.0 Å². The highest BCUT2D eigenvalue weighted by Gasteiger charge is 2.17. The molecule has 92 valence electrons. The van der Waals surface area contributed by atoms with Crippen LogP contribution in [0.15, 0.2) is 12.1 Å². The summed E-state index contributed by atoms with van der Waals surface area (Å²) in [6.45, 7) is 1.98. The molecule has 0 aliphatic heterocycles. The van der Waals surface area contributed by atoms with Crippen molar-refractivity contribution in [3.8, 4) is 0 Å². The number of halogens is 4. The maximum atomic E-state index is 13.2. The third kappa shape index (κ3) is 3.39. The molecule has 0 bridgehead atoms. The van der Waals surface area contributed by atoms with Crippen molar-refractivity contribution in [2.45, 2.75) is 32.2 Å². The van der Waals surface area contributed by atoms with Gasteiger partial charge < -0.3 is 5.73 Å². The van der Waals surface area contributed by atoms with Crippen LogP contribution in [0.5, 0.6) is 0 Å². The normalized spacial score (nSPS) is 12.1. The Morgan fingerprint density at radius 2 is 1.81 bits per heavy atom. The molecule has 1 rings (SSSR count). The van der Waals surface area contributed by atoms with Gasteiger partial charge in [-0.15, -0.1) is 12.4 Å². The van der Waals surface area contributed by atoms with Gasteiger partial charge in [-0.1, -0.05) is 25.8 Å². The molecule has 5 heteroatoms. The lowest BCUT2D eigenvalue weighted by Crippen LogP contribution is -2.13. The van der Waals surface area contributed by atoms with E-state index in [2.05, 4.69) is 0 Å². The van der Waals surface area contributed by atoms with Gasteiger partial charge in [-0.25, -0.2) is 13.2 Å². The molecule has 1 aromatic rings. The fourth-order valence-electron chi connectivity index (χ4n) is 1.41. The minimum absolute atomic E-state index is 0. The summed E-state index contributed by atoms with van der Waals surface area (Å²) in [5, 5.41) is 0. The minimum Gasteiger partial charge on any atom is -0.324 e. The Balaban J connectivity index is 0.00000225. The van der Waals surface area contributed by atoms with E-state index in [4.69, 9.17) is 5.73 Å². The van der Waals surface area contributed by atoms with Gasteiger partial charge in [0.25, 0.3) is 0 Å². The number of rotatable bonds is 4. The minimum atomic E-state index is -1.44. The Morgan fingerprint density at radius 1 is 1.19 bits per heavy atom. The van der Waals surface area contributed by atoms with Gasteiger partial charge in [0, 0.05) is 11.6 Å². The van der Waals surface area contributed by atoms with Crippen molar-refractivity contribution in [2.75, 3.05) is 0 Å². The second-order valence-electron chi connectivity index (χ2n) is 3.51. The molecular weight excluding hydrogens is 239 g/mol. The fourth-order valence-corrected chi connectivity index (χ4v) is 1.41. The van der Waals surface area contributed by atoms with E-state index in [-0.39, 0.29) is 18.0 Å². The van der Waals surface area contributed by atoms with E-state index in [0.717, 1.165) is 18.9 Å². The van der Waals surface area contributed by atoms with E-state index in [1.807, 2.05) is 6.92 Å². The molecule has 1 aromatic carbocycles. The lowest BCUT2D eigenvalue weighted by atomic mass is 10.0. The number of hydrogen-bond donors (Lipinski definition) is 1. The van der Waals surface area contributed by atoms with Crippen LogP contribution in [0, 0.1) is 17.5 Å². The highest BCUT2D eigenvalue weighted by molar-refractivity contribution is 5.85. The van der Waals surface area contributed by atoms with Gasteiger partial charge >= 0.3 is 0 Å². The Labute approximate surface area is 99.2 Å². The molecule has 2 N–H and O–H groups in total. The van der Waals surface area contributed by atoms with E-state index in [0.29, 0.717) is 6.42 Å². The molecule has 0 aliphatic rings. The zero-order valence-corrected chi connectivity index (χ0v) is 9.79. The zero-order valence-electron chi connectivity index (χ0n) is 8.97. The Bertz CT molecular complexity index is 344. The summed E-state index contributed by atoms with van der Waals surface area (Å²) in [5.74, 6) is -3.79. The summed E-state index contributed by atoms with van der Waals surface area (Å²) in [5.41, 5.74) is 5.72. The van der Waals surface area contributed by atoms with Gasteiger partial charge in [-0.3, -0.25) is 0 Å². The van der Waals surface area contributed by atoms with Crippen molar-refractivity contribution in [2.24, 2.45) is 5.73 Å². The molecule has 0 heterocycles. The smallest absolute Gasteiger partial charge is 0.194 e. The first-order valence-electron chi connectivity index (χ1n) is 4.96. The van der Waals surface area contributed by atoms with E-state index in [1.54, 1.807) is 0 Å². The van der Waals surface area contributed by atoms with Crippen molar-refractivity contribution in [1.82, 2.24) is 0 Å². The molecule has 0 aromatic heterocycles. The van der Waals surface area contributed by atoms with Crippen LogP contribution in [0.2, 0.25) is 0 Å². The first-order valence-corrected chi connectivity index (χ1v) is 4.96. The van der Waals surface area contributed by atoms with Gasteiger partial charge in [0.2, 0.25) is 0 Å². The maximum absolute atomic E-state index is 13.2. The van der Waals surface area contributed by atoms with Gasteiger partial charge in [0.1, 0.15) is 0 Å². The van der Waals surface area contributed by atoms with Crippen LogP contribution in [0.4, 0.5) is 13.2 Å². The van der Waals surface area contributed by atoms with Crippen molar-refractivity contribution < 1.29 is 13.2 Å². The quantitative estimate of drug-likeness (QED) is 0.814. The third-order valence-corrected chi connectivity index (χ3v) is 2.33. The van der Waals surface area contributed by atoms with Crippen LogP contribution in [-0.2, 0) is 0 Å². The van der Waals surface area contributed by atoms with Crippen LogP contribution in [0.25, 0.3) is 0 Å². The largest absolute Gasteiger partial charge is 0.324 e. The molecule has 1 nitrogen and oxygen atoms in total. The molecular formula is C11H15ClF3N. The first kappa shape index (κ1) is 15.3. The second-order valence-corrected chi connectivity index (χ2v) is 3.51. The van der Waals surface area contributed by atoms with E-state index >= 15 is 0 Å². The molecule has 1 atom stereocenters. The maximum Gasteiger partial charge on any atom is 0.194 e. The lowest BCUT2D eigenvalue weighted by molar-refractivity contribution is 0.432. The van der Waals surface area contributed by atoms with Crippen molar-refractivity contribution in [3.05, 3.63) is 35.1 Å². The average Bonchev–Trinajstić information content (AvgIpc) is 2.23. The average molecular weight is 254 g/mol. The van der Waals surface area contributed by atoms with Crippen LogP contribution < -0.4 is 5.73 Å². The number of benzene rings is 1. The molecule has 0 amide bonds. The summed E-state index contributed by atoms with van der Waals surface area (Å²) >= 11 is 0. The predicted octanol–water partition coefficient (Wildman–Crippen LogP) is 3.72. The zero-order chi connectivity index (χ0) is 11.4. The van der Waals surface area contributed by atoms with Gasteiger partial charge in [-0.2, -0.15) is 0 Å². The van der Waals surface area contributed by atoms with Gasteiger partial charge in [-0.05, 0) is 12.5 Å². The standard InChI is InChI=1S/C11H14F3N.ClH/c1-2-3-4-9(15)7-5-6-8(12)11(14)10(7)13;/h5-6,9H,2-4,15H2,1H3;1H/t9-;/m0./s1. The van der Waals surface area contributed by atoms with Crippen LogP contribution in [0.3, 0.4) is 0 Å². The molecule has 0 saturated carbocycles. The van der Waals surface area contributed by atoms with E-state index < -0.39 is 23.5 Å². The van der Waals surface area contributed by atoms with Crippen molar-refractivity contribution >= 4 is 12.4 Å². The fraction of sp³-hybridized carbons (Fsp3) is 0.455. The van der Waals surface area contributed by atoms with Gasteiger partial charge in [0.15, 0.2) is 17.5 Å². The summed E-state index contributed by atoms with van der Waals surface area (Å²) in [4.78, 5) is 0. The van der Waals surface area contributed by atoms with Crippen LogP contribution >= 0.6 is 12.4 Å². The van der Waals surface area contributed by atoms with Crippen LogP contribution in [0.1, 0.15) is 37.8 Å². The summed E-state index contributed by atoms with van der Waals surface area (Å²) in [7, 11) is 0. The SMILES string of the molecule is CCCC[C@H](N)c1ccc(F)c(F)c1F.Cl. The third-order valence-electron chi connectivity index (χ3n) is 2.33. The Morgan fingerprint density at radius 3 is 2.38 bits per heavy atom. The number of hydrogen-bond acceptors (Lipinski definition) is 1. The van der Waals surface area contributed by atoms with E-state index in [1.165, 1.54) is 6.07 Å². The summed E-state index contributed by atoms with van der Waals surface area (Å²) < 4.78 is 38.7. The summed E-state index contributed by atoms with van der Waals surface area (Å²) in [6.07, 6.45) is 2.33.